The number of aromatic nitrogens is 3. The van der Waals surface area contributed by atoms with Gasteiger partial charge in [0.1, 0.15) is 5.52 Å². The van der Waals surface area contributed by atoms with Crippen LogP contribution in [-0.4, -0.2) is 32.9 Å². The molecule has 0 spiro atoms. The van der Waals surface area contributed by atoms with Crippen LogP contribution in [0.3, 0.4) is 0 Å². The van der Waals surface area contributed by atoms with E-state index in [-0.39, 0.29) is 5.56 Å². The first kappa shape index (κ1) is 18.0. The van der Waals surface area contributed by atoms with Crippen molar-refractivity contribution in [1.82, 2.24) is 15.0 Å². The highest BCUT2D eigenvalue weighted by atomic mass is 32.1. The second-order valence-corrected chi connectivity index (χ2v) is 7.04. The highest BCUT2D eigenvalue weighted by Gasteiger charge is 2.24. The van der Waals surface area contributed by atoms with Crippen LogP contribution < -0.4 is 5.32 Å². The third kappa shape index (κ3) is 3.54. The highest BCUT2D eigenvalue weighted by molar-refractivity contribution is 7.22. The van der Waals surface area contributed by atoms with Crippen LogP contribution in [0.25, 0.3) is 21.3 Å². The summed E-state index contributed by atoms with van der Waals surface area (Å²) in [6, 6.07) is 12.7. The molecule has 7 nitrogen and oxygen atoms in total. The predicted molar refractivity (Wildman–Crippen MR) is 107 cm³/mol. The molecule has 0 aliphatic carbocycles. The first-order valence-electron chi connectivity index (χ1n) is 8.73. The summed E-state index contributed by atoms with van der Waals surface area (Å²) in [7, 11) is 0. The van der Waals surface area contributed by atoms with E-state index in [1.807, 2.05) is 24.3 Å². The Morgan fingerprint density at radius 1 is 1.07 bits per heavy atom. The van der Waals surface area contributed by atoms with Gasteiger partial charge in [0.25, 0.3) is 5.91 Å². The molecular formula is C20H16N4O3S. The van der Waals surface area contributed by atoms with Gasteiger partial charge in [0.15, 0.2) is 11.2 Å². The molecule has 1 N–H and O–H groups in total. The van der Waals surface area contributed by atoms with E-state index in [9.17, 15) is 9.59 Å². The summed E-state index contributed by atoms with van der Waals surface area (Å²) in [5, 5.41) is 3.21. The zero-order chi connectivity index (χ0) is 19.5. The number of para-hydroxylation sites is 2. The van der Waals surface area contributed by atoms with Crippen molar-refractivity contribution in [2.24, 2.45) is 0 Å². The van der Waals surface area contributed by atoms with E-state index in [0.717, 1.165) is 10.2 Å². The fourth-order valence-corrected chi connectivity index (χ4v) is 3.65. The number of nitrogens with one attached hydrogen (secondary N) is 1. The van der Waals surface area contributed by atoms with Crippen LogP contribution in [0.1, 0.15) is 23.7 Å². The van der Waals surface area contributed by atoms with Gasteiger partial charge in [-0.2, -0.15) is 0 Å². The van der Waals surface area contributed by atoms with Crippen LogP contribution in [0.2, 0.25) is 0 Å². The molecule has 4 aromatic rings. The fourth-order valence-electron chi connectivity index (χ4n) is 2.78. The summed E-state index contributed by atoms with van der Waals surface area (Å²) in [6.07, 6.45) is 2.46. The van der Waals surface area contributed by atoms with Crippen LogP contribution >= 0.6 is 11.3 Å². The van der Waals surface area contributed by atoms with Crippen LogP contribution in [-0.2, 0) is 9.53 Å². The number of ether oxygens (including phenoxy) is 1. The summed E-state index contributed by atoms with van der Waals surface area (Å²) in [6.45, 7) is 1.78. The zero-order valence-electron chi connectivity index (χ0n) is 15.0. The van der Waals surface area contributed by atoms with Crippen LogP contribution in [0, 0.1) is 0 Å². The highest BCUT2D eigenvalue weighted by Crippen LogP contribution is 2.26. The number of rotatable bonds is 5. The smallest absolute Gasteiger partial charge is 0.341 e. The van der Waals surface area contributed by atoms with E-state index in [1.54, 1.807) is 31.3 Å². The van der Waals surface area contributed by atoms with Crippen LogP contribution in [0.5, 0.6) is 0 Å². The molecule has 0 aliphatic rings. The van der Waals surface area contributed by atoms with E-state index in [4.69, 9.17) is 4.74 Å². The Balaban J connectivity index is 1.51. The minimum atomic E-state index is -0.938. The monoisotopic (exact) mass is 392 g/mol. The summed E-state index contributed by atoms with van der Waals surface area (Å²) in [5.41, 5.74) is 2.11. The first-order valence-corrected chi connectivity index (χ1v) is 9.54. The quantitative estimate of drug-likeness (QED) is 0.519. The average Bonchev–Trinajstić information content (AvgIpc) is 3.13. The van der Waals surface area contributed by atoms with Crippen molar-refractivity contribution in [3.05, 3.63) is 60.4 Å². The number of carbonyl (C=O) groups is 2. The van der Waals surface area contributed by atoms with E-state index >= 15 is 0 Å². The van der Waals surface area contributed by atoms with Crippen LogP contribution in [0.4, 0.5) is 5.13 Å². The molecule has 1 amide bonds. The summed E-state index contributed by atoms with van der Waals surface area (Å²) < 4.78 is 6.43. The molecule has 0 saturated heterocycles. The summed E-state index contributed by atoms with van der Waals surface area (Å²) >= 11 is 1.37. The fraction of sp³-hybridized carbons (Fsp3) is 0.150. The van der Waals surface area contributed by atoms with Gasteiger partial charge in [-0.25, -0.2) is 9.78 Å². The Bertz CT molecular complexity index is 1140. The van der Waals surface area contributed by atoms with Crippen molar-refractivity contribution in [3.8, 4) is 0 Å². The summed E-state index contributed by atoms with van der Waals surface area (Å²) in [4.78, 5) is 38.0. The lowest BCUT2D eigenvalue weighted by Crippen LogP contribution is -2.32. The molecule has 2 aromatic carbocycles. The molecule has 1 atom stereocenters. The number of thiazole rings is 1. The molecule has 140 valence electrons. The number of benzene rings is 2. The Morgan fingerprint density at radius 2 is 1.86 bits per heavy atom. The van der Waals surface area contributed by atoms with Crippen molar-refractivity contribution in [1.29, 1.82) is 0 Å². The Kier molecular flexibility index (Phi) is 4.94. The molecule has 1 unspecified atom stereocenters. The number of nitrogens with zero attached hydrogens (tertiary/aromatic N) is 3. The van der Waals surface area contributed by atoms with E-state index in [2.05, 4.69) is 20.3 Å². The van der Waals surface area contributed by atoms with Crippen molar-refractivity contribution in [2.45, 2.75) is 19.4 Å². The number of amides is 1. The number of hydrogen-bond donors (Lipinski definition) is 1. The van der Waals surface area contributed by atoms with Gasteiger partial charge >= 0.3 is 5.97 Å². The predicted octanol–water partition coefficient (Wildman–Crippen LogP) is 3.81. The van der Waals surface area contributed by atoms with Crippen molar-refractivity contribution < 1.29 is 14.3 Å². The average molecular weight is 392 g/mol. The van der Waals surface area contributed by atoms with Crippen LogP contribution in [0.15, 0.2) is 54.9 Å². The molecule has 4 rings (SSSR count). The van der Waals surface area contributed by atoms with Gasteiger partial charge in [0.05, 0.1) is 21.3 Å². The number of anilines is 1. The molecule has 8 heteroatoms. The summed E-state index contributed by atoms with van der Waals surface area (Å²) in [5.74, 6) is -1.03. The molecule has 2 aromatic heterocycles. The molecular weight excluding hydrogens is 376 g/mol. The molecule has 2 heterocycles. The van der Waals surface area contributed by atoms with Gasteiger partial charge in [-0.15, -0.1) is 0 Å². The maximum Gasteiger partial charge on any atom is 0.341 e. The van der Waals surface area contributed by atoms with Crippen molar-refractivity contribution in [2.75, 3.05) is 5.32 Å². The van der Waals surface area contributed by atoms with Gasteiger partial charge in [-0.05, 0) is 30.7 Å². The van der Waals surface area contributed by atoms with Crippen molar-refractivity contribution >= 4 is 49.6 Å². The minimum absolute atomic E-state index is 0.275. The SMILES string of the molecule is CCC(OC(=O)c1cccc2nccnc12)C(=O)Nc1nc2ccccc2s1. The van der Waals surface area contributed by atoms with E-state index < -0.39 is 18.0 Å². The number of hydrogen-bond acceptors (Lipinski definition) is 7. The standard InChI is InChI=1S/C20H16N4O3S/c1-2-15(18(25)24-20-23-13-7-3-4-9-16(13)28-20)27-19(26)12-6-5-8-14-17(12)22-11-10-21-14/h3-11,15H,2H2,1H3,(H,23,24,25). The Hall–Kier alpha value is -3.39. The molecule has 0 aliphatic heterocycles. The maximum absolute atomic E-state index is 12.6. The lowest BCUT2D eigenvalue weighted by molar-refractivity contribution is -0.124. The van der Waals surface area contributed by atoms with Gasteiger partial charge in [-0.1, -0.05) is 36.5 Å². The maximum atomic E-state index is 12.6. The van der Waals surface area contributed by atoms with Crippen molar-refractivity contribution in [3.63, 3.8) is 0 Å². The second kappa shape index (κ2) is 7.69. The topological polar surface area (TPSA) is 94.1 Å². The molecule has 0 fully saturated rings. The number of carbonyl (C=O) groups excluding carboxylic acids is 2. The van der Waals surface area contributed by atoms with Gasteiger partial charge in [-0.3, -0.25) is 20.1 Å². The van der Waals surface area contributed by atoms with Gasteiger partial charge in [0.2, 0.25) is 0 Å². The molecule has 0 saturated carbocycles. The number of esters is 1. The van der Waals surface area contributed by atoms with Gasteiger partial charge < -0.3 is 4.74 Å². The van der Waals surface area contributed by atoms with E-state index in [0.29, 0.717) is 22.6 Å². The zero-order valence-corrected chi connectivity index (χ0v) is 15.8. The lowest BCUT2D eigenvalue weighted by atomic mass is 10.1. The molecule has 0 radical (unpaired) electrons. The lowest BCUT2D eigenvalue weighted by Gasteiger charge is -2.15. The Morgan fingerprint density at radius 3 is 2.68 bits per heavy atom. The number of fused-ring (bicyclic) bond motifs is 2. The normalized spacial score (nSPS) is 12.0. The minimum Gasteiger partial charge on any atom is -0.449 e. The first-order chi connectivity index (χ1) is 13.7. The second-order valence-electron chi connectivity index (χ2n) is 6.01. The van der Waals surface area contributed by atoms with Gasteiger partial charge in [0, 0.05) is 12.4 Å². The third-order valence-corrected chi connectivity index (χ3v) is 5.11. The Labute approximate surface area is 164 Å². The third-order valence-electron chi connectivity index (χ3n) is 4.16. The molecule has 0 bridgehead atoms. The van der Waals surface area contributed by atoms with E-state index in [1.165, 1.54) is 17.5 Å². The largest absolute Gasteiger partial charge is 0.449 e. The molecule has 28 heavy (non-hydrogen) atoms.